The lowest BCUT2D eigenvalue weighted by atomic mass is 10.1. The van der Waals surface area contributed by atoms with Crippen LogP contribution >= 0.6 is 0 Å². The Labute approximate surface area is 197 Å². The number of rotatable bonds is 11. The van der Waals surface area contributed by atoms with Gasteiger partial charge in [-0.1, -0.05) is 42.5 Å². The maximum absolute atomic E-state index is 12.4. The molecule has 0 aliphatic carbocycles. The van der Waals surface area contributed by atoms with E-state index in [4.69, 9.17) is 5.73 Å². The molecule has 7 N–H and O–H groups in total. The minimum Gasteiger partial charge on any atom is -0.508 e. The van der Waals surface area contributed by atoms with E-state index in [1.807, 2.05) is 0 Å². The lowest BCUT2D eigenvalue weighted by Gasteiger charge is -2.21. The molecule has 0 aromatic heterocycles. The van der Waals surface area contributed by atoms with E-state index in [2.05, 4.69) is 16.0 Å². The predicted molar refractivity (Wildman–Crippen MR) is 125 cm³/mol. The number of carbonyl (C=O) groups is 4. The minimum atomic E-state index is -1.20. The number of carboxylic acids is 1. The standard InChI is InChI=1S/C24H30N4O6/c1-14(27-23(32)19(25)12-17-8-10-18(29)11-9-17)21(30)26-15(2)22(31)28-20(24(33)34)13-16-6-4-3-5-7-16/h3-11,14-15,19-20,29H,12-13,25H2,1-2H3,(H,26,30)(H,27,32)(H,28,31)(H,33,34). The topological polar surface area (TPSA) is 171 Å². The zero-order valence-electron chi connectivity index (χ0n) is 19.0. The van der Waals surface area contributed by atoms with Crippen LogP contribution < -0.4 is 21.7 Å². The zero-order chi connectivity index (χ0) is 25.3. The molecule has 0 spiro atoms. The number of aliphatic carboxylic acids is 1. The van der Waals surface area contributed by atoms with Gasteiger partial charge in [-0.2, -0.15) is 0 Å². The highest BCUT2D eigenvalue weighted by Gasteiger charge is 2.26. The molecule has 0 aliphatic rings. The van der Waals surface area contributed by atoms with Crippen molar-refractivity contribution in [3.63, 3.8) is 0 Å². The number of phenolic OH excluding ortho intramolecular Hbond substituents is 1. The van der Waals surface area contributed by atoms with Gasteiger partial charge in [0, 0.05) is 6.42 Å². The van der Waals surface area contributed by atoms with E-state index in [0.717, 1.165) is 11.1 Å². The molecule has 2 rings (SSSR count). The monoisotopic (exact) mass is 470 g/mol. The molecule has 0 bridgehead atoms. The number of phenols is 1. The van der Waals surface area contributed by atoms with E-state index >= 15 is 0 Å². The summed E-state index contributed by atoms with van der Waals surface area (Å²) in [5, 5.41) is 26.1. The number of carboxylic acid groups (broad SMARTS) is 1. The van der Waals surface area contributed by atoms with Gasteiger partial charge in [0.2, 0.25) is 17.7 Å². The Morgan fingerprint density at radius 3 is 1.82 bits per heavy atom. The second-order valence-corrected chi connectivity index (χ2v) is 8.03. The van der Waals surface area contributed by atoms with Crippen LogP contribution in [0.5, 0.6) is 5.75 Å². The van der Waals surface area contributed by atoms with Crippen LogP contribution in [0.25, 0.3) is 0 Å². The van der Waals surface area contributed by atoms with Crippen LogP contribution in [0.2, 0.25) is 0 Å². The molecule has 4 atom stereocenters. The van der Waals surface area contributed by atoms with Crippen LogP contribution in [0.3, 0.4) is 0 Å². The first-order valence-electron chi connectivity index (χ1n) is 10.8. The van der Waals surface area contributed by atoms with Gasteiger partial charge in [-0.3, -0.25) is 14.4 Å². The normalized spacial score (nSPS) is 14.2. The maximum atomic E-state index is 12.4. The minimum absolute atomic E-state index is 0.0912. The van der Waals surface area contributed by atoms with Gasteiger partial charge >= 0.3 is 5.97 Å². The third-order valence-corrected chi connectivity index (χ3v) is 5.13. The molecule has 0 aliphatic heterocycles. The Balaban J connectivity index is 1.85. The first kappa shape index (κ1) is 26.3. The van der Waals surface area contributed by atoms with Crippen molar-refractivity contribution in [2.75, 3.05) is 0 Å². The van der Waals surface area contributed by atoms with Gasteiger partial charge in [-0.25, -0.2) is 4.79 Å². The SMILES string of the molecule is CC(NC(=O)C(N)Cc1ccc(O)cc1)C(=O)NC(C)C(=O)NC(Cc1ccccc1)C(=O)O. The van der Waals surface area contributed by atoms with Crippen molar-refractivity contribution in [2.24, 2.45) is 5.73 Å². The summed E-state index contributed by atoms with van der Waals surface area (Å²) in [6.07, 6.45) is 0.297. The lowest BCUT2D eigenvalue weighted by Crippen LogP contribution is -2.55. The van der Waals surface area contributed by atoms with Crippen molar-refractivity contribution in [1.82, 2.24) is 16.0 Å². The van der Waals surface area contributed by atoms with Crippen molar-refractivity contribution < 1.29 is 29.4 Å². The third-order valence-electron chi connectivity index (χ3n) is 5.13. The molecule has 0 saturated carbocycles. The number of nitrogens with two attached hydrogens (primary N) is 1. The summed E-state index contributed by atoms with van der Waals surface area (Å²) in [5.41, 5.74) is 7.39. The van der Waals surface area contributed by atoms with Crippen molar-refractivity contribution in [3.05, 3.63) is 65.7 Å². The molecule has 10 nitrogen and oxygen atoms in total. The summed E-state index contributed by atoms with van der Waals surface area (Å²) < 4.78 is 0. The fraction of sp³-hybridized carbons (Fsp3) is 0.333. The average molecular weight is 471 g/mol. The van der Waals surface area contributed by atoms with Gasteiger partial charge in [-0.05, 0) is 43.5 Å². The largest absolute Gasteiger partial charge is 0.508 e. The van der Waals surface area contributed by atoms with Gasteiger partial charge in [0.25, 0.3) is 0 Å². The van der Waals surface area contributed by atoms with E-state index in [0.29, 0.717) is 0 Å². The molecule has 34 heavy (non-hydrogen) atoms. The molecule has 0 radical (unpaired) electrons. The summed E-state index contributed by atoms with van der Waals surface area (Å²) in [6, 6.07) is 11.0. The van der Waals surface area contributed by atoms with Gasteiger partial charge in [0.15, 0.2) is 0 Å². The Kier molecular flexibility index (Phi) is 9.57. The molecule has 0 fully saturated rings. The summed E-state index contributed by atoms with van der Waals surface area (Å²) in [6.45, 7) is 2.86. The van der Waals surface area contributed by atoms with Gasteiger partial charge in [0.05, 0.1) is 6.04 Å². The fourth-order valence-corrected chi connectivity index (χ4v) is 3.12. The second-order valence-electron chi connectivity index (χ2n) is 8.03. The molecule has 10 heteroatoms. The van der Waals surface area contributed by atoms with Crippen LogP contribution in [-0.2, 0) is 32.0 Å². The second kappa shape index (κ2) is 12.4. The molecule has 4 unspecified atom stereocenters. The average Bonchev–Trinajstić information content (AvgIpc) is 2.80. The number of aromatic hydroxyl groups is 1. The summed E-state index contributed by atoms with van der Waals surface area (Å²) in [5.74, 6) is -2.94. The predicted octanol–water partition coefficient (Wildman–Crippen LogP) is 0.0835. The number of carbonyl (C=O) groups excluding carboxylic acids is 3. The highest BCUT2D eigenvalue weighted by atomic mass is 16.4. The van der Waals surface area contributed by atoms with E-state index in [-0.39, 0.29) is 18.6 Å². The summed E-state index contributed by atoms with van der Waals surface area (Å²) in [7, 11) is 0. The smallest absolute Gasteiger partial charge is 0.326 e. The van der Waals surface area contributed by atoms with E-state index in [9.17, 15) is 29.4 Å². The molecular weight excluding hydrogens is 440 g/mol. The summed E-state index contributed by atoms with van der Waals surface area (Å²) in [4.78, 5) is 48.8. The number of amides is 3. The van der Waals surface area contributed by atoms with E-state index in [1.165, 1.54) is 26.0 Å². The van der Waals surface area contributed by atoms with Gasteiger partial charge in [0.1, 0.15) is 23.9 Å². The Bertz CT molecular complexity index is 996. The Morgan fingerprint density at radius 1 is 0.765 bits per heavy atom. The van der Waals surface area contributed by atoms with Gasteiger partial charge in [-0.15, -0.1) is 0 Å². The molecule has 2 aromatic rings. The van der Waals surface area contributed by atoms with Crippen molar-refractivity contribution in [2.45, 2.75) is 50.9 Å². The number of benzene rings is 2. The molecule has 0 heterocycles. The molecule has 182 valence electrons. The number of nitrogens with one attached hydrogen (secondary N) is 3. The molecule has 3 amide bonds. The summed E-state index contributed by atoms with van der Waals surface area (Å²) >= 11 is 0. The number of hydrogen-bond acceptors (Lipinski definition) is 6. The quantitative estimate of drug-likeness (QED) is 0.270. The molecule has 2 aromatic carbocycles. The highest BCUT2D eigenvalue weighted by Crippen LogP contribution is 2.11. The van der Waals surface area contributed by atoms with Crippen LogP contribution in [0.4, 0.5) is 0 Å². The van der Waals surface area contributed by atoms with Crippen molar-refractivity contribution in [1.29, 1.82) is 0 Å². The Hall–Kier alpha value is -3.92. The first-order chi connectivity index (χ1) is 16.1. The third kappa shape index (κ3) is 8.21. The lowest BCUT2D eigenvalue weighted by molar-refractivity contribution is -0.142. The van der Waals surface area contributed by atoms with Crippen LogP contribution in [0.1, 0.15) is 25.0 Å². The zero-order valence-corrected chi connectivity index (χ0v) is 19.0. The maximum Gasteiger partial charge on any atom is 0.326 e. The van der Waals surface area contributed by atoms with Crippen LogP contribution in [-0.4, -0.2) is 58.1 Å². The van der Waals surface area contributed by atoms with E-state index < -0.39 is 47.9 Å². The van der Waals surface area contributed by atoms with Crippen molar-refractivity contribution in [3.8, 4) is 5.75 Å². The number of hydrogen-bond donors (Lipinski definition) is 6. The highest BCUT2D eigenvalue weighted by molar-refractivity contribution is 5.93. The van der Waals surface area contributed by atoms with Crippen LogP contribution in [0.15, 0.2) is 54.6 Å². The van der Waals surface area contributed by atoms with Gasteiger partial charge < -0.3 is 31.9 Å². The first-order valence-corrected chi connectivity index (χ1v) is 10.8. The molecule has 0 saturated heterocycles. The fourth-order valence-electron chi connectivity index (χ4n) is 3.12. The van der Waals surface area contributed by atoms with E-state index in [1.54, 1.807) is 42.5 Å². The Morgan fingerprint density at radius 2 is 1.26 bits per heavy atom. The van der Waals surface area contributed by atoms with Crippen LogP contribution in [0, 0.1) is 0 Å². The van der Waals surface area contributed by atoms with Crippen molar-refractivity contribution >= 4 is 23.7 Å². The molecular formula is C24H30N4O6.